The molecule has 0 saturated heterocycles. The molecule has 1 atom stereocenters. The minimum atomic E-state index is -0.313. The van der Waals surface area contributed by atoms with Crippen molar-refractivity contribution in [3.8, 4) is 0 Å². The Morgan fingerprint density at radius 3 is 2.36 bits per heavy atom. The molecule has 1 aromatic carbocycles. The maximum absolute atomic E-state index is 2.44. The van der Waals surface area contributed by atoms with Gasteiger partial charge in [-0.15, -0.1) is 0 Å². The van der Waals surface area contributed by atoms with Crippen molar-refractivity contribution in [2.75, 3.05) is 0 Å². The number of rotatable bonds is 3. The summed E-state index contributed by atoms with van der Waals surface area (Å²) in [7, 11) is -0.313. The van der Waals surface area contributed by atoms with Crippen LogP contribution in [0.25, 0.3) is 5.57 Å². The van der Waals surface area contributed by atoms with Crippen molar-refractivity contribution in [2.24, 2.45) is 0 Å². The van der Waals surface area contributed by atoms with Crippen molar-refractivity contribution in [2.45, 2.75) is 45.6 Å². The van der Waals surface area contributed by atoms with Gasteiger partial charge in [-0.05, 0) is 55.4 Å². The standard InChI is InChI=1S/C21H26Si/c1-15-12-16(2)14-18(13-15)20-17(3)8-9-19(20)22-21(4)10-6-5-7-11-21/h5-8,10,12-14H,9,11,22H2,1-4H3. The fourth-order valence-corrected chi connectivity index (χ4v) is 6.35. The summed E-state index contributed by atoms with van der Waals surface area (Å²) in [6, 6.07) is 6.99. The Labute approximate surface area is 137 Å². The topological polar surface area (TPSA) is 0 Å². The van der Waals surface area contributed by atoms with Gasteiger partial charge in [-0.1, -0.05) is 71.8 Å². The fourth-order valence-electron chi connectivity index (χ4n) is 3.86. The molecule has 1 heteroatoms. The molecule has 3 rings (SSSR count). The number of allylic oxidation sites excluding steroid dienone is 8. The van der Waals surface area contributed by atoms with E-state index in [1.807, 2.05) is 0 Å². The van der Waals surface area contributed by atoms with Gasteiger partial charge in [0.25, 0.3) is 0 Å². The zero-order valence-corrected chi connectivity index (χ0v) is 15.7. The lowest BCUT2D eigenvalue weighted by Crippen LogP contribution is -2.17. The summed E-state index contributed by atoms with van der Waals surface area (Å²) in [6.07, 6.45) is 14.0. The predicted molar refractivity (Wildman–Crippen MR) is 101 cm³/mol. The highest BCUT2D eigenvalue weighted by atomic mass is 28.2. The molecule has 0 fully saturated rings. The lowest BCUT2D eigenvalue weighted by molar-refractivity contribution is 0.754. The Morgan fingerprint density at radius 2 is 1.73 bits per heavy atom. The highest BCUT2D eigenvalue weighted by Crippen LogP contribution is 2.41. The summed E-state index contributed by atoms with van der Waals surface area (Å²) in [6.45, 7) is 9.14. The van der Waals surface area contributed by atoms with Gasteiger partial charge in [-0.25, -0.2) is 0 Å². The number of hydrogen-bond donors (Lipinski definition) is 0. The maximum Gasteiger partial charge on any atom is 0.0616 e. The third-order valence-corrected chi connectivity index (χ3v) is 7.26. The first-order chi connectivity index (χ1) is 10.5. The SMILES string of the molecule is CC1=CCC([SiH2]C2(C)C=CC=CC2)=C1c1cc(C)cc(C)c1. The number of aryl methyl sites for hydroxylation is 2. The third kappa shape index (κ3) is 3.10. The first-order valence-electron chi connectivity index (χ1n) is 8.29. The Balaban J connectivity index is 1.99. The molecule has 0 N–H and O–H groups in total. The maximum atomic E-state index is 2.44. The summed E-state index contributed by atoms with van der Waals surface area (Å²) in [5.74, 6) is 0. The smallest absolute Gasteiger partial charge is 0.0616 e. The summed E-state index contributed by atoms with van der Waals surface area (Å²) in [5.41, 5.74) is 7.21. The van der Waals surface area contributed by atoms with E-state index >= 15 is 0 Å². The molecule has 22 heavy (non-hydrogen) atoms. The summed E-state index contributed by atoms with van der Waals surface area (Å²) in [4.78, 5) is 0. The molecule has 0 saturated carbocycles. The molecule has 2 aliphatic rings. The van der Waals surface area contributed by atoms with Gasteiger partial charge in [0.1, 0.15) is 0 Å². The normalized spacial score (nSPS) is 24.6. The zero-order valence-electron chi connectivity index (χ0n) is 14.2. The molecule has 0 aromatic heterocycles. The van der Waals surface area contributed by atoms with Crippen LogP contribution in [0.4, 0.5) is 0 Å². The van der Waals surface area contributed by atoms with Gasteiger partial charge in [0.15, 0.2) is 0 Å². The minimum absolute atomic E-state index is 0.313. The highest BCUT2D eigenvalue weighted by molar-refractivity contribution is 6.52. The van der Waals surface area contributed by atoms with E-state index in [-0.39, 0.29) is 9.52 Å². The van der Waals surface area contributed by atoms with E-state index in [1.54, 1.807) is 10.8 Å². The molecular weight excluding hydrogens is 280 g/mol. The molecule has 1 unspecified atom stereocenters. The first kappa shape index (κ1) is 15.3. The van der Waals surface area contributed by atoms with Crippen LogP contribution in [-0.4, -0.2) is 9.52 Å². The monoisotopic (exact) mass is 306 g/mol. The Hall–Kier alpha value is -1.60. The average molecular weight is 307 g/mol. The molecule has 1 aromatic rings. The van der Waals surface area contributed by atoms with Gasteiger partial charge in [0.2, 0.25) is 0 Å². The van der Waals surface area contributed by atoms with E-state index in [0.29, 0.717) is 5.04 Å². The van der Waals surface area contributed by atoms with Crippen LogP contribution < -0.4 is 0 Å². The molecular formula is C21H26Si. The molecule has 0 heterocycles. The van der Waals surface area contributed by atoms with Crippen LogP contribution >= 0.6 is 0 Å². The third-order valence-electron chi connectivity index (χ3n) is 4.86. The Bertz CT molecular complexity index is 695. The van der Waals surface area contributed by atoms with Crippen molar-refractivity contribution in [1.29, 1.82) is 0 Å². The van der Waals surface area contributed by atoms with Gasteiger partial charge in [0.05, 0.1) is 9.52 Å². The largest absolute Gasteiger partial charge is 0.0840 e. The van der Waals surface area contributed by atoms with Gasteiger partial charge in [-0.3, -0.25) is 0 Å². The summed E-state index contributed by atoms with van der Waals surface area (Å²) < 4.78 is 0. The second-order valence-corrected chi connectivity index (χ2v) is 10.1. The van der Waals surface area contributed by atoms with Gasteiger partial charge >= 0.3 is 0 Å². The number of hydrogen-bond acceptors (Lipinski definition) is 0. The van der Waals surface area contributed by atoms with E-state index in [4.69, 9.17) is 0 Å². The average Bonchev–Trinajstić information content (AvgIpc) is 2.78. The van der Waals surface area contributed by atoms with Crippen LogP contribution in [0.2, 0.25) is 5.04 Å². The Morgan fingerprint density at radius 1 is 1.00 bits per heavy atom. The molecule has 114 valence electrons. The van der Waals surface area contributed by atoms with E-state index in [2.05, 4.69) is 76.3 Å². The molecule has 0 bridgehead atoms. The lowest BCUT2D eigenvalue weighted by atomic mass is 9.98. The first-order valence-corrected chi connectivity index (χ1v) is 9.70. The van der Waals surface area contributed by atoms with Crippen LogP contribution in [-0.2, 0) is 0 Å². The van der Waals surface area contributed by atoms with Crippen LogP contribution in [0.5, 0.6) is 0 Å². The van der Waals surface area contributed by atoms with Gasteiger partial charge < -0.3 is 0 Å². The van der Waals surface area contributed by atoms with Gasteiger partial charge in [-0.2, -0.15) is 0 Å². The number of benzene rings is 1. The quantitative estimate of drug-likeness (QED) is 0.671. The minimum Gasteiger partial charge on any atom is -0.0840 e. The second-order valence-electron chi connectivity index (χ2n) is 7.27. The van der Waals surface area contributed by atoms with Crippen molar-refractivity contribution >= 4 is 15.1 Å². The van der Waals surface area contributed by atoms with E-state index in [1.165, 1.54) is 35.1 Å². The molecule has 2 aliphatic carbocycles. The van der Waals surface area contributed by atoms with Crippen molar-refractivity contribution in [1.82, 2.24) is 0 Å². The van der Waals surface area contributed by atoms with Gasteiger partial charge in [0, 0.05) is 0 Å². The van der Waals surface area contributed by atoms with E-state index in [0.717, 1.165) is 0 Å². The highest BCUT2D eigenvalue weighted by Gasteiger charge is 2.27. The molecule has 0 amide bonds. The van der Waals surface area contributed by atoms with E-state index < -0.39 is 0 Å². The second kappa shape index (κ2) is 5.89. The molecule has 0 nitrogen and oxygen atoms in total. The van der Waals surface area contributed by atoms with Crippen LogP contribution in [0.3, 0.4) is 0 Å². The van der Waals surface area contributed by atoms with Crippen molar-refractivity contribution < 1.29 is 0 Å². The predicted octanol–water partition coefficient (Wildman–Crippen LogP) is 5.23. The molecule has 0 radical (unpaired) electrons. The van der Waals surface area contributed by atoms with Crippen LogP contribution in [0, 0.1) is 13.8 Å². The molecule has 0 spiro atoms. The molecule has 0 aliphatic heterocycles. The van der Waals surface area contributed by atoms with Crippen LogP contribution in [0.15, 0.2) is 59.3 Å². The zero-order chi connectivity index (χ0) is 15.7. The van der Waals surface area contributed by atoms with E-state index in [9.17, 15) is 0 Å². The lowest BCUT2D eigenvalue weighted by Gasteiger charge is -2.27. The van der Waals surface area contributed by atoms with Crippen molar-refractivity contribution in [3.05, 3.63) is 76.0 Å². The fraction of sp³-hybridized carbons (Fsp3) is 0.333. The summed E-state index contributed by atoms with van der Waals surface area (Å²) >= 11 is 0. The van der Waals surface area contributed by atoms with Crippen molar-refractivity contribution in [3.63, 3.8) is 0 Å². The summed E-state index contributed by atoms with van der Waals surface area (Å²) in [5, 5.41) is 2.15. The van der Waals surface area contributed by atoms with Crippen LogP contribution in [0.1, 0.15) is 43.4 Å². The Kier molecular flexibility index (Phi) is 4.09.